The van der Waals surface area contributed by atoms with Gasteiger partial charge < -0.3 is 10.1 Å². The number of rotatable bonds is 7. The smallest absolute Gasteiger partial charge is 0.273 e. The second-order valence-corrected chi connectivity index (χ2v) is 7.68. The average molecular weight is 378 g/mol. The average Bonchev–Trinajstić information content (AvgIpc) is 2.60. The Balaban J connectivity index is 2.05. The molecule has 26 heavy (non-hydrogen) atoms. The Morgan fingerprint density at radius 2 is 1.85 bits per heavy atom. The topological polar surface area (TPSA) is 116 Å². The van der Waals surface area contributed by atoms with E-state index in [1.165, 1.54) is 37.4 Å². The molecule has 0 aromatic heterocycles. The Hall–Kier alpha value is -2.94. The first-order valence-electron chi connectivity index (χ1n) is 7.64. The molecular formula is C17H18N2O6S. The van der Waals surface area contributed by atoms with E-state index in [0.717, 1.165) is 5.56 Å². The molecule has 0 fully saturated rings. The van der Waals surface area contributed by atoms with Crippen molar-refractivity contribution >= 4 is 27.1 Å². The lowest BCUT2D eigenvalue weighted by molar-refractivity contribution is -0.384. The van der Waals surface area contributed by atoms with Crippen LogP contribution in [0.25, 0.3) is 0 Å². The number of hydrogen-bond donors (Lipinski definition) is 1. The van der Waals surface area contributed by atoms with Crippen molar-refractivity contribution in [1.82, 2.24) is 0 Å². The number of amides is 1. The molecule has 138 valence electrons. The van der Waals surface area contributed by atoms with Crippen LogP contribution in [0, 0.1) is 17.0 Å². The quantitative estimate of drug-likeness (QED) is 0.585. The van der Waals surface area contributed by atoms with E-state index < -0.39 is 20.7 Å². The zero-order valence-electron chi connectivity index (χ0n) is 14.3. The summed E-state index contributed by atoms with van der Waals surface area (Å²) in [7, 11) is -2.26. The number of methoxy groups -OCH3 is 1. The SMILES string of the molecule is COc1cc([N+](=O)[O-])ccc1NC(=O)CCS(=O)(=O)c1ccc(C)cc1. The number of sulfone groups is 1. The van der Waals surface area contributed by atoms with Gasteiger partial charge in [0.25, 0.3) is 5.69 Å². The van der Waals surface area contributed by atoms with Gasteiger partial charge in [0.1, 0.15) is 5.75 Å². The first-order chi connectivity index (χ1) is 12.2. The molecule has 8 nitrogen and oxygen atoms in total. The van der Waals surface area contributed by atoms with Gasteiger partial charge in [0.15, 0.2) is 9.84 Å². The molecule has 1 amide bonds. The molecule has 9 heteroatoms. The van der Waals surface area contributed by atoms with Crippen molar-refractivity contribution in [1.29, 1.82) is 0 Å². The summed E-state index contributed by atoms with van der Waals surface area (Å²) in [5.74, 6) is -0.765. The molecule has 0 saturated heterocycles. The number of benzene rings is 2. The van der Waals surface area contributed by atoms with Gasteiger partial charge in [0, 0.05) is 12.5 Å². The molecule has 0 unspecified atom stereocenters. The molecule has 2 aromatic rings. The number of nitro benzene ring substituents is 1. The van der Waals surface area contributed by atoms with Gasteiger partial charge in [-0.1, -0.05) is 17.7 Å². The van der Waals surface area contributed by atoms with Crippen LogP contribution in [0.2, 0.25) is 0 Å². The molecule has 2 rings (SSSR count). The number of ether oxygens (including phenoxy) is 1. The van der Waals surface area contributed by atoms with Crippen LogP contribution in [0.1, 0.15) is 12.0 Å². The lowest BCUT2D eigenvalue weighted by Gasteiger charge is -2.10. The van der Waals surface area contributed by atoms with Crippen LogP contribution in [0.4, 0.5) is 11.4 Å². The number of nitro groups is 1. The minimum absolute atomic E-state index is 0.119. The number of nitrogens with zero attached hydrogens (tertiary/aromatic N) is 1. The lowest BCUT2D eigenvalue weighted by atomic mass is 10.2. The van der Waals surface area contributed by atoms with Crippen molar-refractivity contribution in [2.45, 2.75) is 18.2 Å². The number of hydrogen-bond acceptors (Lipinski definition) is 6. The van der Waals surface area contributed by atoms with Crippen LogP contribution < -0.4 is 10.1 Å². The summed E-state index contributed by atoms with van der Waals surface area (Å²) < 4.78 is 29.6. The van der Waals surface area contributed by atoms with Gasteiger partial charge in [-0.05, 0) is 25.1 Å². The van der Waals surface area contributed by atoms with E-state index in [1.807, 2.05) is 6.92 Å². The van der Waals surface area contributed by atoms with Crippen LogP contribution in [-0.4, -0.2) is 32.1 Å². The Kier molecular flexibility index (Phi) is 5.93. The monoisotopic (exact) mass is 378 g/mol. The van der Waals surface area contributed by atoms with Crippen molar-refractivity contribution in [3.8, 4) is 5.75 Å². The number of carbonyl (C=O) groups is 1. The summed E-state index contributed by atoms with van der Waals surface area (Å²) >= 11 is 0. The van der Waals surface area contributed by atoms with Gasteiger partial charge in [-0.15, -0.1) is 0 Å². The van der Waals surface area contributed by atoms with Crippen LogP contribution in [-0.2, 0) is 14.6 Å². The summed E-state index contributed by atoms with van der Waals surface area (Å²) in [5.41, 5.74) is 0.990. The Morgan fingerprint density at radius 1 is 1.19 bits per heavy atom. The molecule has 0 spiro atoms. The molecule has 0 aliphatic carbocycles. The number of carbonyl (C=O) groups excluding carboxylic acids is 1. The van der Waals surface area contributed by atoms with E-state index in [9.17, 15) is 23.3 Å². The highest BCUT2D eigenvalue weighted by atomic mass is 32.2. The van der Waals surface area contributed by atoms with Crippen LogP contribution in [0.3, 0.4) is 0 Å². The summed E-state index contributed by atoms with van der Waals surface area (Å²) in [4.78, 5) is 22.4. The first-order valence-corrected chi connectivity index (χ1v) is 9.30. The van der Waals surface area contributed by atoms with Crippen molar-refractivity contribution < 1.29 is 22.9 Å². The van der Waals surface area contributed by atoms with E-state index >= 15 is 0 Å². The number of anilines is 1. The molecule has 0 radical (unpaired) electrons. The number of non-ortho nitro benzene ring substituents is 1. The molecule has 0 atom stereocenters. The van der Waals surface area contributed by atoms with Crippen molar-refractivity contribution in [3.63, 3.8) is 0 Å². The number of nitrogens with one attached hydrogen (secondary N) is 1. The standard InChI is InChI=1S/C17H18N2O6S/c1-12-3-6-14(7-4-12)26(23,24)10-9-17(20)18-15-8-5-13(19(21)22)11-16(15)25-2/h3-8,11H,9-10H2,1-2H3,(H,18,20). The van der Waals surface area contributed by atoms with E-state index in [1.54, 1.807) is 12.1 Å². The van der Waals surface area contributed by atoms with Crippen LogP contribution in [0.5, 0.6) is 5.75 Å². The van der Waals surface area contributed by atoms with Gasteiger partial charge in [-0.25, -0.2) is 8.42 Å². The highest BCUT2D eigenvalue weighted by molar-refractivity contribution is 7.91. The van der Waals surface area contributed by atoms with Gasteiger partial charge >= 0.3 is 0 Å². The number of aryl methyl sites for hydroxylation is 1. The first kappa shape index (κ1) is 19.4. The van der Waals surface area contributed by atoms with Gasteiger partial charge in [0.05, 0.1) is 34.4 Å². The fourth-order valence-corrected chi connectivity index (χ4v) is 3.44. The second-order valence-electron chi connectivity index (χ2n) is 5.57. The van der Waals surface area contributed by atoms with Crippen molar-refractivity contribution in [3.05, 3.63) is 58.1 Å². The highest BCUT2D eigenvalue weighted by Crippen LogP contribution is 2.29. The Bertz CT molecular complexity index is 923. The van der Waals surface area contributed by atoms with E-state index in [-0.39, 0.29) is 34.2 Å². The normalized spacial score (nSPS) is 11.0. The fraction of sp³-hybridized carbons (Fsp3) is 0.235. The van der Waals surface area contributed by atoms with E-state index in [0.29, 0.717) is 0 Å². The second kappa shape index (κ2) is 7.96. The molecular weight excluding hydrogens is 360 g/mol. The van der Waals surface area contributed by atoms with Gasteiger partial charge in [-0.2, -0.15) is 0 Å². The lowest BCUT2D eigenvalue weighted by Crippen LogP contribution is -2.18. The maximum Gasteiger partial charge on any atom is 0.273 e. The van der Waals surface area contributed by atoms with Crippen molar-refractivity contribution in [2.75, 3.05) is 18.2 Å². The minimum atomic E-state index is -3.58. The van der Waals surface area contributed by atoms with Gasteiger partial charge in [0.2, 0.25) is 5.91 Å². The third-order valence-electron chi connectivity index (χ3n) is 3.65. The molecule has 2 aromatic carbocycles. The predicted octanol–water partition coefficient (Wildman–Crippen LogP) is 2.71. The van der Waals surface area contributed by atoms with Crippen LogP contribution in [0.15, 0.2) is 47.4 Å². The summed E-state index contributed by atoms with van der Waals surface area (Å²) in [6, 6.07) is 10.1. The maximum atomic E-state index is 12.3. The van der Waals surface area contributed by atoms with E-state index in [2.05, 4.69) is 5.32 Å². The zero-order chi connectivity index (χ0) is 19.3. The van der Waals surface area contributed by atoms with E-state index in [4.69, 9.17) is 4.74 Å². The zero-order valence-corrected chi connectivity index (χ0v) is 15.1. The molecule has 0 saturated carbocycles. The molecule has 0 aliphatic rings. The predicted molar refractivity (Wildman–Crippen MR) is 96.1 cm³/mol. The third kappa shape index (κ3) is 4.79. The summed E-state index contributed by atoms with van der Waals surface area (Å²) in [6.07, 6.45) is -0.254. The highest BCUT2D eigenvalue weighted by Gasteiger charge is 2.18. The molecule has 0 aliphatic heterocycles. The Morgan fingerprint density at radius 3 is 2.42 bits per heavy atom. The summed E-state index contributed by atoms with van der Waals surface area (Å²) in [6.45, 7) is 1.85. The Labute approximate surface area is 150 Å². The molecule has 1 N–H and O–H groups in total. The summed E-state index contributed by atoms with van der Waals surface area (Å²) in [5, 5.41) is 13.3. The van der Waals surface area contributed by atoms with Crippen LogP contribution >= 0.6 is 0 Å². The molecule has 0 bridgehead atoms. The minimum Gasteiger partial charge on any atom is -0.494 e. The van der Waals surface area contributed by atoms with Crippen molar-refractivity contribution in [2.24, 2.45) is 0 Å². The largest absolute Gasteiger partial charge is 0.494 e. The third-order valence-corrected chi connectivity index (χ3v) is 5.38. The maximum absolute atomic E-state index is 12.3. The van der Waals surface area contributed by atoms with Gasteiger partial charge in [-0.3, -0.25) is 14.9 Å². The molecule has 0 heterocycles. The fourth-order valence-electron chi connectivity index (χ4n) is 2.20.